The molecule has 1 atom stereocenters. The first-order valence-corrected chi connectivity index (χ1v) is 9.25. The molecule has 1 aromatic carbocycles. The second kappa shape index (κ2) is 8.05. The fraction of sp³-hybridized carbons (Fsp3) is 0.600. The summed E-state index contributed by atoms with van der Waals surface area (Å²) in [6, 6.07) is 6.48. The van der Waals surface area contributed by atoms with Crippen molar-refractivity contribution in [3.63, 3.8) is 0 Å². The lowest BCUT2D eigenvalue weighted by molar-refractivity contribution is -0.920. The second-order valence-electron chi connectivity index (χ2n) is 5.89. The fourth-order valence-electron chi connectivity index (χ4n) is 3.04. The standard InChI is InChI=1S/C13H16FNO.C2H6O4S/c14-11-2-1-3-12(8-11)16-13-9-15-6-4-10(13)5-7-15;3-1-2-7(4,5)6/h1-3,8,10,13H,4-7,9H2;3H,1-2H2,(H,4,5,6). The monoisotopic (exact) mass is 347 g/mol. The number of quaternary nitrogens is 1. The normalized spacial score (nSPS) is 26.3. The molecule has 2 N–H and O–H groups in total. The van der Waals surface area contributed by atoms with Gasteiger partial charge in [-0.05, 0) is 12.1 Å². The van der Waals surface area contributed by atoms with Crippen LogP contribution < -0.4 is 9.64 Å². The van der Waals surface area contributed by atoms with E-state index in [1.54, 1.807) is 11.0 Å². The topological polar surface area (TPSA) is 91.1 Å². The molecule has 130 valence electrons. The number of halogens is 1. The van der Waals surface area contributed by atoms with Gasteiger partial charge in [0.1, 0.15) is 18.1 Å². The molecule has 0 aliphatic carbocycles. The summed E-state index contributed by atoms with van der Waals surface area (Å²) < 4.78 is 47.5. The predicted octanol–water partition coefficient (Wildman–Crippen LogP) is -0.594. The van der Waals surface area contributed by atoms with Crippen molar-refractivity contribution in [3.05, 3.63) is 30.1 Å². The first-order valence-electron chi connectivity index (χ1n) is 7.67. The molecular formula is C15H22FNO5S. The Labute approximate surface area is 135 Å². The van der Waals surface area contributed by atoms with Crippen LogP contribution >= 0.6 is 0 Å². The quantitative estimate of drug-likeness (QED) is 0.710. The lowest BCUT2D eigenvalue weighted by Gasteiger charge is -2.41. The molecule has 6 nitrogen and oxygen atoms in total. The highest BCUT2D eigenvalue weighted by Crippen LogP contribution is 2.23. The fourth-order valence-corrected chi connectivity index (χ4v) is 3.26. The Bertz CT molecular complexity index is 602. The first kappa shape index (κ1) is 18.1. The minimum atomic E-state index is -4.17. The van der Waals surface area contributed by atoms with Crippen molar-refractivity contribution in [3.8, 4) is 5.75 Å². The zero-order valence-electron chi connectivity index (χ0n) is 12.8. The number of hydrogen-bond acceptors (Lipinski definition) is 5. The van der Waals surface area contributed by atoms with Crippen LogP contribution in [0.3, 0.4) is 0 Å². The van der Waals surface area contributed by atoms with E-state index < -0.39 is 22.5 Å². The summed E-state index contributed by atoms with van der Waals surface area (Å²) >= 11 is 0. The van der Waals surface area contributed by atoms with Crippen molar-refractivity contribution in [2.45, 2.75) is 18.9 Å². The molecular weight excluding hydrogens is 325 g/mol. The maximum atomic E-state index is 13.0. The van der Waals surface area contributed by atoms with E-state index in [0.717, 1.165) is 6.54 Å². The maximum Gasteiger partial charge on any atom is 0.150 e. The third-order valence-electron chi connectivity index (χ3n) is 4.18. The number of aliphatic hydroxyl groups is 1. The first-order chi connectivity index (χ1) is 10.9. The van der Waals surface area contributed by atoms with Crippen LogP contribution in [-0.2, 0) is 10.1 Å². The Morgan fingerprint density at radius 2 is 2.04 bits per heavy atom. The van der Waals surface area contributed by atoms with E-state index in [-0.39, 0.29) is 5.82 Å². The zero-order chi connectivity index (χ0) is 16.9. The molecule has 3 heterocycles. The minimum Gasteiger partial charge on any atom is -0.748 e. The molecule has 4 rings (SSSR count). The largest absolute Gasteiger partial charge is 0.748 e. The van der Waals surface area contributed by atoms with Crippen molar-refractivity contribution in [1.82, 2.24) is 0 Å². The highest BCUT2D eigenvalue weighted by atomic mass is 32.2. The summed E-state index contributed by atoms with van der Waals surface area (Å²) in [4.78, 5) is 1.64. The minimum absolute atomic E-state index is 0.217. The van der Waals surface area contributed by atoms with Gasteiger partial charge < -0.3 is 19.3 Å². The lowest BCUT2D eigenvalue weighted by atomic mass is 9.86. The number of aliphatic hydroxyl groups excluding tert-OH is 1. The molecule has 23 heavy (non-hydrogen) atoms. The van der Waals surface area contributed by atoms with Gasteiger partial charge in [-0.3, -0.25) is 0 Å². The number of hydrogen-bond donors (Lipinski definition) is 2. The van der Waals surface area contributed by atoms with E-state index in [0.29, 0.717) is 17.8 Å². The van der Waals surface area contributed by atoms with Gasteiger partial charge in [0.05, 0.1) is 35.6 Å². The molecule has 1 aromatic rings. The average molecular weight is 347 g/mol. The van der Waals surface area contributed by atoms with Crippen molar-refractivity contribution in [2.24, 2.45) is 5.92 Å². The molecule has 3 saturated heterocycles. The summed E-state index contributed by atoms with van der Waals surface area (Å²) in [7, 11) is -4.17. The third-order valence-corrected chi connectivity index (χ3v) is 4.86. The van der Waals surface area contributed by atoms with Crippen LogP contribution in [0, 0.1) is 11.7 Å². The predicted molar refractivity (Wildman–Crippen MR) is 80.8 cm³/mol. The van der Waals surface area contributed by atoms with E-state index in [4.69, 9.17) is 9.84 Å². The smallest absolute Gasteiger partial charge is 0.150 e. The van der Waals surface area contributed by atoms with Crippen LogP contribution in [0.2, 0.25) is 0 Å². The van der Waals surface area contributed by atoms with Crippen molar-refractivity contribution in [1.29, 1.82) is 0 Å². The van der Waals surface area contributed by atoms with Gasteiger partial charge >= 0.3 is 0 Å². The number of fused-ring (bicyclic) bond motifs is 3. The second-order valence-corrected chi connectivity index (χ2v) is 7.41. The van der Waals surface area contributed by atoms with Gasteiger partial charge in [-0.2, -0.15) is 0 Å². The number of benzene rings is 1. The van der Waals surface area contributed by atoms with Gasteiger partial charge in [0.2, 0.25) is 0 Å². The zero-order valence-corrected chi connectivity index (χ0v) is 13.6. The van der Waals surface area contributed by atoms with Gasteiger partial charge in [-0.1, -0.05) is 6.07 Å². The molecule has 0 saturated carbocycles. The Morgan fingerprint density at radius 1 is 1.35 bits per heavy atom. The average Bonchev–Trinajstić information content (AvgIpc) is 2.48. The van der Waals surface area contributed by atoms with Crippen LogP contribution in [0.4, 0.5) is 4.39 Å². The van der Waals surface area contributed by atoms with Crippen molar-refractivity contribution >= 4 is 10.1 Å². The van der Waals surface area contributed by atoms with Crippen LogP contribution in [0.1, 0.15) is 12.8 Å². The SMILES string of the molecule is Fc1cccc(OC2C[NH+]3CCC2CC3)c1.O=S(=O)([O-])CCO. The van der Waals surface area contributed by atoms with Crippen LogP contribution in [-0.4, -0.2) is 56.2 Å². The summed E-state index contributed by atoms with van der Waals surface area (Å²) in [5, 5.41) is 7.82. The van der Waals surface area contributed by atoms with Gasteiger partial charge in [-0.15, -0.1) is 0 Å². The van der Waals surface area contributed by atoms with E-state index in [1.807, 2.05) is 6.07 Å². The molecule has 0 spiro atoms. The summed E-state index contributed by atoms with van der Waals surface area (Å²) in [5.74, 6) is 0.456. The maximum absolute atomic E-state index is 13.0. The molecule has 3 aliphatic heterocycles. The van der Waals surface area contributed by atoms with E-state index in [2.05, 4.69) is 0 Å². The van der Waals surface area contributed by atoms with Gasteiger partial charge in [0.25, 0.3) is 0 Å². The third kappa shape index (κ3) is 6.06. The van der Waals surface area contributed by atoms with E-state index in [1.165, 1.54) is 38.1 Å². The summed E-state index contributed by atoms with van der Waals surface area (Å²) in [5.41, 5.74) is 0. The Hall–Kier alpha value is -1.22. The van der Waals surface area contributed by atoms with Gasteiger partial charge in [-0.25, -0.2) is 12.8 Å². The van der Waals surface area contributed by atoms with E-state index in [9.17, 15) is 17.4 Å². The van der Waals surface area contributed by atoms with Gasteiger partial charge in [0.15, 0.2) is 6.10 Å². The highest BCUT2D eigenvalue weighted by molar-refractivity contribution is 7.85. The van der Waals surface area contributed by atoms with Crippen LogP contribution in [0.15, 0.2) is 24.3 Å². The number of rotatable bonds is 4. The molecule has 0 radical (unpaired) electrons. The number of piperidine rings is 3. The molecule has 8 heteroatoms. The number of nitrogens with one attached hydrogen (secondary N) is 1. The van der Waals surface area contributed by atoms with Crippen LogP contribution in [0.5, 0.6) is 5.75 Å². The highest BCUT2D eigenvalue weighted by Gasteiger charge is 2.38. The molecule has 0 aromatic heterocycles. The molecule has 0 amide bonds. The molecule has 2 bridgehead atoms. The Morgan fingerprint density at radius 3 is 2.48 bits per heavy atom. The van der Waals surface area contributed by atoms with E-state index >= 15 is 0 Å². The summed E-state index contributed by atoms with van der Waals surface area (Å²) in [6.07, 6.45) is 2.81. The lowest BCUT2D eigenvalue weighted by Crippen LogP contribution is -3.16. The van der Waals surface area contributed by atoms with Crippen LogP contribution in [0.25, 0.3) is 0 Å². The summed E-state index contributed by atoms with van der Waals surface area (Å²) in [6.45, 7) is 3.06. The Balaban J connectivity index is 0.000000236. The molecule has 1 unspecified atom stereocenters. The molecule has 3 fully saturated rings. The number of ether oxygens (including phenoxy) is 1. The van der Waals surface area contributed by atoms with Crippen molar-refractivity contribution < 1.29 is 32.1 Å². The van der Waals surface area contributed by atoms with Crippen molar-refractivity contribution in [2.75, 3.05) is 32.0 Å². The molecule has 3 aliphatic rings. The van der Waals surface area contributed by atoms with Gasteiger partial charge in [0, 0.05) is 24.8 Å². The Kier molecular flexibility index (Phi) is 6.34.